The number of pyridine rings is 1. The SMILES string of the molecule is CO[C@H]1C[C@@H](CO)N(c2ccccn2)C1. The van der Waals surface area contributed by atoms with E-state index in [9.17, 15) is 5.11 Å². The summed E-state index contributed by atoms with van der Waals surface area (Å²) in [4.78, 5) is 6.39. The lowest BCUT2D eigenvalue weighted by Gasteiger charge is -2.23. The summed E-state index contributed by atoms with van der Waals surface area (Å²) in [6.45, 7) is 0.954. The van der Waals surface area contributed by atoms with E-state index < -0.39 is 0 Å². The predicted molar refractivity (Wildman–Crippen MR) is 57.9 cm³/mol. The minimum absolute atomic E-state index is 0.129. The molecule has 1 aromatic heterocycles. The Bertz CT molecular complexity index is 305. The number of anilines is 1. The lowest BCUT2D eigenvalue weighted by molar-refractivity contribution is 0.115. The fraction of sp³-hybridized carbons (Fsp3) is 0.545. The van der Waals surface area contributed by atoms with Crippen molar-refractivity contribution in [2.24, 2.45) is 0 Å². The molecule has 4 heteroatoms. The Kier molecular flexibility index (Phi) is 3.18. The molecule has 0 aliphatic carbocycles. The van der Waals surface area contributed by atoms with E-state index in [1.807, 2.05) is 18.2 Å². The van der Waals surface area contributed by atoms with E-state index >= 15 is 0 Å². The van der Waals surface area contributed by atoms with E-state index in [-0.39, 0.29) is 18.8 Å². The van der Waals surface area contributed by atoms with Crippen LogP contribution < -0.4 is 4.90 Å². The molecule has 1 fully saturated rings. The molecule has 2 rings (SSSR count). The van der Waals surface area contributed by atoms with Crippen molar-refractivity contribution in [3.05, 3.63) is 24.4 Å². The Hall–Kier alpha value is -1.13. The lowest BCUT2D eigenvalue weighted by atomic mass is 10.2. The molecule has 2 heterocycles. The van der Waals surface area contributed by atoms with E-state index in [0.29, 0.717) is 0 Å². The molecule has 1 aliphatic heterocycles. The number of hydrogen-bond donors (Lipinski definition) is 1. The van der Waals surface area contributed by atoms with Crippen molar-refractivity contribution in [2.75, 3.05) is 25.2 Å². The number of aromatic nitrogens is 1. The maximum Gasteiger partial charge on any atom is 0.128 e. The number of aliphatic hydroxyl groups is 1. The van der Waals surface area contributed by atoms with E-state index in [2.05, 4.69) is 9.88 Å². The number of ether oxygens (including phenoxy) is 1. The van der Waals surface area contributed by atoms with Crippen molar-refractivity contribution < 1.29 is 9.84 Å². The molecule has 1 N–H and O–H groups in total. The Labute approximate surface area is 89.5 Å². The van der Waals surface area contributed by atoms with Crippen LogP contribution in [0.4, 0.5) is 5.82 Å². The summed E-state index contributed by atoms with van der Waals surface area (Å²) in [5.74, 6) is 0.913. The Morgan fingerprint density at radius 3 is 3.07 bits per heavy atom. The van der Waals surface area contributed by atoms with Gasteiger partial charge in [-0.15, -0.1) is 0 Å². The molecule has 15 heavy (non-hydrogen) atoms. The van der Waals surface area contributed by atoms with Crippen LogP contribution in [-0.2, 0) is 4.74 Å². The van der Waals surface area contributed by atoms with Crippen LogP contribution in [-0.4, -0.2) is 42.5 Å². The van der Waals surface area contributed by atoms with E-state index in [4.69, 9.17) is 4.74 Å². The van der Waals surface area contributed by atoms with Crippen molar-refractivity contribution in [3.8, 4) is 0 Å². The molecule has 0 spiro atoms. The molecular formula is C11H16N2O2. The van der Waals surface area contributed by atoms with Crippen molar-refractivity contribution in [2.45, 2.75) is 18.6 Å². The maximum atomic E-state index is 9.29. The number of rotatable bonds is 3. The monoisotopic (exact) mass is 208 g/mol. The lowest BCUT2D eigenvalue weighted by Crippen LogP contribution is -2.32. The van der Waals surface area contributed by atoms with Crippen molar-refractivity contribution >= 4 is 5.82 Å². The summed E-state index contributed by atoms with van der Waals surface area (Å²) in [5.41, 5.74) is 0. The van der Waals surface area contributed by atoms with Gasteiger partial charge in [0.1, 0.15) is 5.82 Å². The summed E-state index contributed by atoms with van der Waals surface area (Å²) < 4.78 is 5.31. The second-order valence-electron chi connectivity index (χ2n) is 3.77. The van der Waals surface area contributed by atoms with E-state index in [1.165, 1.54) is 0 Å². The molecule has 82 valence electrons. The summed E-state index contributed by atoms with van der Waals surface area (Å²) in [5, 5.41) is 9.29. The maximum absolute atomic E-state index is 9.29. The second-order valence-corrected chi connectivity index (χ2v) is 3.77. The molecule has 1 aliphatic rings. The molecule has 0 bridgehead atoms. The first kappa shape index (κ1) is 10.4. The zero-order valence-electron chi connectivity index (χ0n) is 8.84. The van der Waals surface area contributed by atoms with Gasteiger partial charge in [-0.2, -0.15) is 0 Å². The second kappa shape index (κ2) is 4.59. The third kappa shape index (κ3) is 2.11. The van der Waals surface area contributed by atoms with Crippen LogP contribution >= 0.6 is 0 Å². The highest BCUT2D eigenvalue weighted by molar-refractivity contribution is 5.41. The van der Waals surface area contributed by atoms with Gasteiger partial charge in [0.25, 0.3) is 0 Å². The Morgan fingerprint density at radius 1 is 1.60 bits per heavy atom. The fourth-order valence-electron chi connectivity index (χ4n) is 2.02. The zero-order chi connectivity index (χ0) is 10.7. The van der Waals surface area contributed by atoms with Crippen molar-refractivity contribution in [1.82, 2.24) is 4.98 Å². The smallest absolute Gasteiger partial charge is 0.128 e. The summed E-state index contributed by atoms with van der Waals surface area (Å²) >= 11 is 0. The van der Waals surface area contributed by atoms with E-state index in [0.717, 1.165) is 18.8 Å². The molecule has 1 saturated heterocycles. The van der Waals surface area contributed by atoms with Gasteiger partial charge in [0.15, 0.2) is 0 Å². The first-order valence-electron chi connectivity index (χ1n) is 5.16. The molecule has 0 aromatic carbocycles. The Morgan fingerprint density at radius 2 is 2.47 bits per heavy atom. The highest BCUT2D eigenvalue weighted by Crippen LogP contribution is 2.24. The minimum atomic E-state index is 0.129. The number of nitrogens with zero attached hydrogens (tertiary/aromatic N) is 2. The highest BCUT2D eigenvalue weighted by Gasteiger charge is 2.32. The molecule has 4 nitrogen and oxygen atoms in total. The first-order chi connectivity index (χ1) is 7.35. The van der Waals surface area contributed by atoms with Gasteiger partial charge < -0.3 is 14.7 Å². The van der Waals surface area contributed by atoms with Gasteiger partial charge in [-0.1, -0.05) is 6.07 Å². The van der Waals surface area contributed by atoms with Crippen molar-refractivity contribution in [3.63, 3.8) is 0 Å². The van der Waals surface area contributed by atoms with Gasteiger partial charge in [-0.25, -0.2) is 4.98 Å². The van der Waals surface area contributed by atoms with Gasteiger partial charge in [-0.3, -0.25) is 0 Å². The van der Waals surface area contributed by atoms with E-state index in [1.54, 1.807) is 13.3 Å². The third-order valence-corrected chi connectivity index (χ3v) is 2.86. The molecule has 0 radical (unpaired) electrons. The molecule has 0 amide bonds. The zero-order valence-corrected chi connectivity index (χ0v) is 8.84. The highest BCUT2D eigenvalue weighted by atomic mass is 16.5. The predicted octanol–water partition coefficient (Wildman–Crippen LogP) is 0.668. The summed E-state index contributed by atoms with van der Waals surface area (Å²) in [7, 11) is 1.71. The molecule has 0 saturated carbocycles. The van der Waals surface area contributed by atoms with Crippen LogP contribution in [0.1, 0.15) is 6.42 Å². The average Bonchev–Trinajstić information content (AvgIpc) is 2.73. The summed E-state index contributed by atoms with van der Waals surface area (Å²) in [6, 6.07) is 5.93. The average molecular weight is 208 g/mol. The van der Waals surface area contributed by atoms with Gasteiger partial charge in [-0.05, 0) is 18.6 Å². The quantitative estimate of drug-likeness (QED) is 0.793. The fourth-order valence-corrected chi connectivity index (χ4v) is 2.02. The third-order valence-electron chi connectivity index (χ3n) is 2.86. The molecule has 0 unspecified atom stereocenters. The first-order valence-corrected chi connectivity index (χ1v) is 5.16. The molecule has 1 aromatic rings. The van der Waals surface area contributed by atoms with Gasteiger partial charge >= 0.3 is 0 Å². The standard InChI is InChI=1S/C11H16N2O2/c1-15-10-6-9(8-14)13(7-10)11-4-2-3-5-12-11/h2-5,9-10,14H,6-8H2,1H3/t9-,10-/m0/s1. The minimum Gasteiger partial charge on any atom is -0.394 e. The van der Waals surface area contributed by atoms with Crippen molar-refractivity contribution in [1.29, 1.82) is 0 Å². The number of methoxy groups -OCH3 is 1. The summed E-state index contributed by atoms with van der Waals surface area (Å²) in [6.07, 6.45) is 2.83. The van der Waals surface area contributed by atoms with Crippen LogP contribution in [0.25, 0.3) is 0 Å². The topological polar surface area (TPSA) is 45.6 Å². The number of aliphatic hydroxyl groups excluding tert-OH is 1. The van der Waals surface area contributed by atoms with Gasteiger partial charge in [0.2, 0.25) is 0 Å². The molecular weight excluding hydrogens is 192 g/mol. The van der Waals surface area contributed by atoms with Crippen LogP contribution in [0.3, 0.4) is 0 Å². The molecule has 2 atom stereocenters. The van der Waals surface area contributed by atoms with Gasteiger partial charge in [0, 0.05) is 19.9 Å². The normalized spacial score (nSPS) is 25.9. The largest absolute Gasteiger partial charge is 0.394 e. The van der Waals surface area contributed by atoms with Crippen LogP contribution in [0.5, 0.6) is 0 Å². The van der Waals surface area contributed by atoms with Gasteiger partial charge in [0.05, 0.1) is 18.8 Å². The Balaban J connectivity index is 2.14. The van der Waals surface area contributed by atoms with Crippen LogP contribution in [0, 0.1) is 0 Å². The number of hydrogen-bond acceptors (Lipinski definition) is 4. The van der Waals surface area contributed by atoms with Crippen LogP contribution in [0.2, 0.25) is 0 Å². The van der Waals surface area contributed by atoms with Crippen LogP contribution in [0.15, 0.2) is 24.4 Å².